The predicted octanol–water partition coefficient (Wildman–Crippen LogP) is -0.282. The van der Waals surface area contributed by atoms with E-state index in [0.717, 1.165) is 19.3 Å². The number of ether oxygens (including phenoxy) is 3. The Balaban J connectivity index is 1.78. The van der Waals surface area contributed by atoms with Gasteiger partial charge in [-0.1, -0.05) is 77.6 Å². The van der Waals surface area contributed by atoms with E-state index < -0.39 is 73.9 Å². The van der Waals surface area contributed by atoms with Crippen LogP contribution in [0.5, 0.6) is 0 Å². The number of aliphatic hydroxyl groups excluding tert-OH is 6. The summed E-state index contributed by atoms with van der Waals surface area (Å²) in [5.41, 5.74) is -5.55. The van der Waals surface area contributed by atoms with Crippen molar-refractivity contribution in [1.29, 1.82) is 0 Å². The minimum atomic E-state index is -2.82. The van der Waals surface area contributed by atoms with Crippen molar-refractivity contribution in [1.82, 2.24) is 0 Å². The maximum absolute atomic E-state index is 11.3. The van der Waals surface area contributed by atoms with Crippen molar-refractivity contribution in [2.75, 3.05) is 26.4 Å². The fourth-order valence-electron chi connectivity index (χ4n) is 5.36. The molecule has 2 aliphatic rings. The highest BCUT2D eigenvalue weighted by Crippen LogP contribution is 2.43. The smallest absolute Gasteiger partial charge is 0.186 e. The van der Waals surface area contributed by atoms with Crippen LogP contribution in [0.25, 0.3) is 0 Å². The maximum atomic E-state index is 11.3. The van der Waals surface area contributed by atoms with Gasteiger partial charge in [0.25, 0.3) is 0 Å². The van der Waals surface area contributed by atoms with E-state index in [-0.39, 0.29) is 6.61 Å². The Hall–Kier alpha value is -0.440. The van der Waals surface area contributed by atoms with Crippen LogP contribution in [0, 0.1) is 0 Å². The quantitative estimate of drug-likeness (QED) is 0.114. The zero-order valence-electron chi connectivity index (χ0n) is 22.2. The molecule has 2 saturated heterocycles. The monoisotopic (exact) mass is 538 g/mol. The van der Waals surface area contributed by atoms with Gasteiger partial charge in [0.2, 0.25) is 0 Å². The normalized spacial score (nSPS) is 38.7. The van der Waals surface area contributed by atoms with E-state index in [1.54, 1.807) is 0 Å². The summed E-state index contributed by atoms with van der Waals surface area (Å²) in [6.45, 7) is 0.0765. The second-order valence-corrected chi connectivity index (χ2v) is 10.6. The lowest BCUT2D eigenvalue weighted by atomic mass is 9.67. The molecule has 2 rings (SSSR count). The highest BCUT2D eigenvalue weighted by atomic mass is 16.7. The van der Waals surface area contributed by atoms with Crippen LogP contribution >= 0.6 is 0 Å². The molecule has 0 aromatic heterocycles. The molecular weight excluding hydrogens is 488 g/mol. The van der Waals surface area contributed by atoms with Crippen molar-refractivity contribution in [2.24, 2.45) is 0 Å². The minimum Gasteiger partial charge on any atom is -0.394 e. The lowest BCUT2D eigenvalue weighted by molar-refractivity contribution is -0.391. The average molecular weight is 539 g/mol. The number of hydrogen-bond donors (Lipinski definition) is 8. The van der Waals surface area contributed by atoms with Gasteiger partial charge in [0, 0.05) is 6.61 Å². The molecule has 0 aliphatic carbocycles. The molecule has 0 aromatic rings. The standard InChI is InChI=1S/C26H50O11/c1-2-3-4-5-6-7-8-9-10-11-12-13-14-35-24-21(30)23(32)26(34,19(16-28)37-24)25(33)17-36-18(15-27)20(29)22(25)31/h18-24,27-34H,2-17H2,1H3/t18-,19-,20-,21-,22+,23-,24+,25-,26-/m1/s1. The number of unbranched alkanes of at least 4 members (excludes halogenated alkanes) is 11. The van der Waals surface area contributed by atoms with E-state index in [0.29, 0.717) is 6.42 Å². The van der Waals surface area contributed by atoms with E-state index in [9.17, 15) is 40.9 Å². The molecule has 0 saturated carbocycles. The van der Waals surface area contributed by atoms with Crippen molar-refractivity contribution >= 4 is 0 Å². The summed E-state index contributed by atoms with van der Waals surface area (Å²) >= 11 is 0. The topological polar surface area (TPSA) is 190 Å². The molecule has 0 amide bonds. The largest absolute Gasteiger partial charge is 0.394 e. The Morgan fingerprint density at radius 2 is 1.27 bits per heavy atom. The molecule has 0 spiro atoms. The summed E-state index contributed by atoms with van der Waals surface area (Å²) < 4.78 is 16.2. The summed E-state index contributed by atoms with van der Waals surface area (Å²) in [7, 11) is 0. The fourth-order valence-corrected chi connectivity index (χ4v) is 5.36. The van der Waals surface area contributed by atoms with Crippen molar-refractivity contribution in [3.05, 3.63) is 0 Å². The van der Waals surface area contributed by atoms with Gasteiger partial charge in [0.1, 0.15) is 36.6 Å². The van der Waals surface area contributed by atoms with Gasteiger partial charge in [-0.25, -0.2) is 0 Å². The second-order valence-electron chi connectivity index (χ2n) is 10.6. The van der Waals surface area contributed by atoms with E-state index in [4.69, 9.17) is 14.2 Å². The molecule has 8 N–H and O–H groups in total. The Labute approximate surface area is 220 Å². The van der Waals surface area contributed by atoms with Crippen LogP contribution in [0.2, 0.25) is 0 Å². The molecule has 11 heteroatoms. The molecule has 2 aliphatic heterocycles. The first-order chi connectivity index (χ1) is 17.7. The van der Waals surface area contributed by atoms with E-state index in [1.807, 2.05) is 0 Å². The summed E-state index contributed by atoms with van der Waals surface area (Å²) in [4.78, 5) is 0. The van der Waals surface area contributed by atoms with Crippen LogP contribution in [0.15, 0.2) is 0 Å². The second kappa shape index (κ2) is 16.0. The van der Waals surface area contributed by atoms with Gasteiger partial charge in [0.15, 0.2) is 17.5 Å². The summed E-state index contributed by atoms with van der Waals surface area (Å²) in [5, 5.41) is 83.6. The van der Waals surface area contributed by atoms with Gasteiger partial charge in [-0.2, -0.15) is 0 Å². The first-order valence-corrected chi connectivity index (χ1v) is 14.0. The Kier molecular flexibility index (Phi) is 14.2. The molecule has 0 radical (unpaired) electrons. The number of hydrogen-bond acceptors (Lipinski definition) is 11. The van der Waals surface area contributed by atoms with Gasteiger partial charge in [0.05, 0.1) is 19.8 Å². The molecule has 0 aromatic carbocycles. The summed E-state index contributed by atoms with van der Waals surface area (Å²) in [6, 6.07) is 0. The van der Waals surface area contributed by atoms with Crippen molar-refractivity contribution < 1.29 is 55.1 Å². The number of aliphatic hydroxyl groups is 8. The van der Waals surface area contributed by atoms with Crippen molar-refractivity contribution in [3.63, 3.8) is 0 Å². The van der Waals surface area contributed by atoms with Gasteiger partial charge in [-0.05, 0) is 6.42 Å². The molecular formula is C26H50O11. The predicted molar refractivity (Wildman–Crippen MR) is 134 cm³/mol. The third-order valence-corrected chi connectivity index (χ3v) is 7.87. The van der Waals surface area contributed by atoms with Gasteiger partial charge in [-0.3, -0.25) is 0 Å². The Morgan fingerprint density at radius 3 is 1.78 bits per heavy atom. The van der Waals surface area contributed by atoms with Crippen molar-refractivity contribution in [2.45, 2.75) is 138 Å². The molecule has 2 heterocycles. The average Bonchev–Trinajstić information content (AvgIpc) is 2.89. The van der Waals surface area contributed by atoms with Crippen molar-refractivity contribution in [3.8, 4) is 0 Å². The molecule has 0 bridgehead atoms. The lowest BCUT2D eigenvalue weighted by Crippen LogP contribution is -2.82. The van der Waals surface area contributed by atoms with E-state index in [2.05, 4.69) is 6.92 Å². The lowest BCUT2D eigenvalue weighted by Gasteiger charge is -2.57. The third-order valence-electron chi connectivity index (χ3n) is 7.87. The molecule has 2 fully saturated rings. The van der Waals surface area contributed by atoms with Crippen LogP contribution < -0.4 is 0 Å². The van der Waals surface area contributed by atoms with Crippen LogP contribution in [0.4, 0.5) is 0 Å². The van der Waals surface area contributed by atoms with Crippen LogP contribution in [0.3, 0.4) is 0 Å². The van der Waals surface area contributed by atoms with Crippen LogP contribution in [0.1, 0.15) is 84.0 Å². The zero-order valence-corrected chi connectivity index (χ0v) is 22.2. The van der Waals surface area contributed by atoms with Gasteiger partial charge in [-0.15, -0.1) is 0 Å². The molecule has 37 heavy (non-hydrogen) atoms. The van der Waals surface area contributed by atoms with E-state index in [1.165, 1.54) is 51.4 Å². The Morgan fingerprint density at radius 1 is 0.730 bits per heavy atom. The fraction of sp³-hybridized carbons (Fsp3) is 1.00. The first-order valence-electron chi connectivity index (χ1n) is 14.0. The highest BCUT2D eigenvalue weighted by molar-refractivity contribution is 5.18. The minimum absolute atomic E-state index is 0.218. The van der Waals surface area contributed by atoms with Crippen LogP contribution in [-0.4, -0.2) is 121 Å². The molecule has 220 valence electrons. The van der Waals surface area contributed by atoms with Gasteiger partial charge < -0.3 is 55.1 Å². The first kappa shape index (κ1) is 32.8. The molecule has 11 nitrogen and oxygen atoms in total. The SMILES string of the molecule is CCCCCCCCCCCCCCO[C@H]1O[C@H](CO)[C@](O)([C@@]2(O)CO[C@H](CO)[C@@H](O)[C@@H]2O)[C@H](O)[C@H]1O. The molecule has 9 atom stereocenters. The summed E-state index contributed by atoms with van der Waals surface area (Å²) in [6.07, 6.45) is 1.95. The van der Waals surface area contributed by atoms with E-state index >= 15 is 0 Å². The highest BCUT2D eigenvalue weighted by Gasteiger charge is 2.70. The molecule has 0 unspecified atom stereocenters. The maximum Gasteiger partial charge on any atom is 0.186 e. The van der Waals surface area contributed by atoms with Crippen LogP contribution in [-0.2, 0) is 14.2 Å². The number of rotatable bonds is 17. The van der Waals surface area contributed by atoms with Gasteiger partial charge >= 0.3 is 0 Å². The third kappa shape index (κ3) is 7.82. The zero-order chi connectivity index (χ0) is 27.5. The Bertz CT molecular complexity index is 621. The summed E-state index contributed by atoms with van der Waals surface area (Å²) in [5.74, 6) is 0.